The van der Waals surface area contributed by atoms with Crippen molar-refractivity contribution in [3.05, 3.63) is 95.1 Å². The van der Waals surface area contributed by atoms with E-state index in [2.05, 4.69) is 10.2 Å². The Morgan fingerprint density at radius 3 is 2.16 bits per heavy atom. The van der Waals surface area contributed by atoms with Crippen LogP contribution in [0.5, 0.6) is 0 Å². The summed E-state index contributed by atoms with van der Waals surface area (Å²) in [6.45, 7) is 6.70. The third-order valence-corrected chi connectivity index (χ3v) is 8.23. The Hall–Kier alpha value is -3.53. The van der Waals surface area contributed by atoms with Gasteiger partial charge in [0, 0.05) is 44.0 Å². The lowest BCUT2D eigenvalue weighted by Crippen LogP contribution is -2.48. The Morgan fingerprint density at radius 1 is 0.892 bits per heavy atom. The molecule has 0 atom stereocenters. The van der Waals surface area contributed by atoms with E-state index in [0.29, 0.717) is 61.0 Å². The van der Waals surface area contributed by atoms with Gasteiger partial charge in [0.05, 0.1) is 17.1 Å². The summed E-state index contributed by atoms with van der Waals surface area (Å²) in [5.41, 5.74) is 3.41. The summed E-state index contributed by atoms with van der Waals surface area (Å²) in [5, 5.41) is 2.89. The van der Waals surface area contributed by atoms with Crippen LogP contribution in [-0.2, 0) is 21.3 Å². The maximum atomic E-state index is 12.8. The molecule has 37 heavy (non-hydrogen) atoms. The van der Waals surface area contributed by atoms with Crippen LogP contribution in [-0.4, -0.2) is 62.3 Å². The van der Waals surface area contributed by atoms with Gasteiger partial charge in [-0.15, -0.1) is 0 Å². The number of carbonyl (C=O) groups is 2. The smallest absolute Gasteiger partial charge is 0.338 e. The van der Waals surface area contributed by atoms with E-state index < -0.39 is 16.0 Å². The monoisotopic (exact) mass is 521 g/mol. The highest BCUT2D eigenvalue weighted by Crippen LogP contribution is 2.20. The number of benzene rings is 3. The molecule has 4 rings (SSSR count). The van der Waals surface area contributed by atoms with Gasteiger partial charge in [0.1, 0.15) is 0 Å². The summed E-state index contributed by atoms with van der Waals surface area (Å²) in [7, 11) is -3.47. The van der Waals surface area contributed by atoms with Crippen LogP contribution >= 0.6 is 0 Å². The molecule has 0 bridgehead atoms. The van der Waals surface area contributed by atoms with Gasteiger partial charge < -0.3 is 10.1 Å². The van der Waals surface area contributed by atoms with Crippen LogP contribution in [0.3, 0.4) is 0 Å². The number of nitrogens with zero attached hydrogens (tertiary/aromatic N) is 2. The summed E-state index contributed by atoms with van der Waals surface area (Å²) in [5.74, 6) is -0.628. The summed E-state index contributed by atoms with van der Waals surface area (Å²) >= 11 is 0. The van der Waals surface area contributed by atoms with E-state index in [9.17, 15) is 18.0 Å². The largest absolute Gasteiger partial charge is 0.462 e. The molecular weight excluding hydrogens is 490 g/mol. The third kappa shape index (κ3) is 6.43. The normalized spacial score (nSPS) is 14.8. The van der Waals surface area contributed by atoms with Crippen LogP contribution in [0.15, 0.2) is 77.7 Å². The molecule has 9 heteroatoms. The number of ether oxygens (including phenoxy) is 1. The van der Waals surface area contributed by atoms with Crippen molar-refractivity contribution < 1.29 is 22.7 Å². The highest BCUT2D eigenvalue weighted by atomic mass is 32.2. The first-order chi connectivity index (χ1) is 17.8. The summed E-state index contributed by atoms with van der Waals surface area (Å²) in [6, 6.07) is 20.9. The lowest BCUT2D eigenvalue weighted by Gasteiger charge is -2.34. The number of anilines is 1. The van der Waals surface area contributed by atoms with Crippen molar-refractivity contribution in [2.45, 2.75) is 25.3 Å². The van der Waals surface area contributed by atoms with Crippen LogP contribution in [0.2, 0.25) is 0 Å². The Morgan fingerprint density at radius 2 is 1.54 bits per heavy atom. The van der Waals surface area contributed by atoms with Crippen LogP contribution in [0.25, 0.3) is 0 Å². The first-order valence-electron chi connectivity index (χ1n) is 12.2. The van der Waals surface area contributed by atoms with Gasteiger partial charge in [0.2, 0.25) is 10.0 Å². The molecule has 0 radical (unpaired) electrons. The van der Waals surface area contributed by atoms with E-state index in [1.807, 2.05) is 19.1 Å². The van der Waals surface area contributed by atoms with Crippen molar-refractivity contribution in [2.75, 3.05) is 38.1 Å². The maximum Gasteiger partial charge on any atom is 0.338 e. The predicted octanol–water partition coefficient (Wildman–Crippen LogP) is 3.93. The fraction of sp³-hybridized carbons (Fsp3) is 0.286. The summed E-state index contributed by atoms with van der Waals surface area (Å²) < 4.78 is 32.2. The molecule has 1 heterocycles. The Kier molecular flexibility index (Phi) is 8.38. The van der Waals surface area contributed by atoms with Crippen LogP contribution < -0.4 is 5.32 Å². The minimum absolute atomic E-state index is 0.238. The van der Waals surface area contributed by atoms with E-state index in [1.165, 1.54) is 4.31 Å². The average Bonchev–Trinajstić information content (AvgIpc) is 2.91. The van der Waals surface area contributed by atoms with Crippen molar-refractivity contribution in [2.24, 2.45) is 0 Å². The van der Waals surface area contributed by atoms with Crippen molar-refractivity contribution in [3.8, 4) is 0 Å². The zero-order valence-electron chi connectivity index (χ0n) is 21.0. The van der Waals surface area contributed by atoms with Gasteiger partial charge in [-0.05, 0) is 67.4 Å². The van der Waals surface area contributed by atoms with Crippen LogP contribution in [0, 0.1) is 6.92 Å². The minimum atomic E-state index is -3.47. The molecular formula is C28H31N3O5S. The second-order valence-electron chi connectivity index (χ2n) is 8.89. The molecule has 0 saturated carbocycles. The van der Waals surface area contributed by atoms with E-state index in [0.717, 1.165) is 11.1 Å². The number of nitrogens with one attached hydrogen (secondary N) is 1. The number of rotatable bonds is 8. The van der Waals surface area contributed by atoms with Gasteiger partial charge in [-0.3, -0.25) is 9.69 Å². The molecule has 3 aromatic rings. The molecule has 1 saturated heterocycles. The molecule has 3 aromatic carbocycles. The van der Waals surface area contributed by atoms with Crippen molar-refractivity contribution in [3.63, 3.8) is 0 Å². The molecule has 8 nitrogen and oxygen atoms in total. The molecule has 0 aromatic heterocycles. The SMILES string of the molecule is CCOC(=O)c1ccc(NC(=O)c2ccc(CN3CCN(S(=O)(=O)c4ccccc4)CC3)cc2)c(C)c1. The first-order valence-corrected chi connectivity index (χ1v) is 13.7. The predicted molar refractivity (Wildman–Crippen MR) is 142 cm³/mol. The van der Waals surface area contributed by atoms with Crippen molar-refractivity contribution in [1.82, 2.24) is 9.21 Å². The lowest BCUT2D eigenvalue weighted by molar-refractivity contribution is 0.0526. The zero-order chi connectivity index (χ0) is 26.4. The van der Waals surface area contributed by atoms with Gasteiger partial charge in [0.15, 0.2) is 0 Å². The maximum absolute atomic E-state index is 12.8. The van der Waals surface area contributed by atoms with E-state index in [4.69, 9.17) is 4.74 Å². The van der Waals surface area contributed by atoms with Gasteiger partial charge in [-0.1, -0.05) is 30.3 Å². The fourth-order valence-electron chi connectivity index (χ4n) is 4.23. The average molecular weight is 522 g/mol. The molecule has 194 valence electrons. The standard InChI is InChI=1S/C28H31N3O5S/c1-3-36-28(33)24-13-14-26(21(2)19-24)29-27(32)23-11-9-22(10-12-23)20-30-15-17-31(18-16-30)37(34,35)25-7-5-4-6-8-25/h4-14,19H,3,15-18,20H2,1-2H3,(H,29,32). The number of piperazine rings is 1. The summed E-state index contributed by atoms with van der Waals surface area (Å²) in [4.78, 5) is 27.2. The van der Waals surface area contributed by atoms with Crippen molar-refractivity contribution >= 4 is 27.6 Å². The molecule has 1 fully saturated rings. The Balaban J connectivity index is 1.31. The van der Waals surface area contributed by atoms with E-state index in [-0.39, 0.29) is 5.91 Å². The fourth-order valence-corrected chi connectivity index (χ4v) is 5.67. The van der Waals surface area contributed by atoms with Crippen LogP contribution in [0.1, 0.15) is 38.8 Å². The van der Waals surface area contributed by atoms with Gasteiger partial charge >= 0.3 is 5.97 Å². The second kappa shape index (κ2) is 11.7. The number of amides is 1. The quantitative estimate of drug-likeness (QED) is 0.452. The number of sulfonamides is 1. The lowest BCUT2D eigenvalue weighted by atomic mass is 10.1. The number of carbonyl (C=O) groups excluding carboxylic acids is 2. The Bertz CT molecular complexity index is 1350. The second-order valence-corrected chi connectivity index (χ2v) is 10.8. The molecule has 1 aliphatic heterocycles. The highest BCUT2D eigenvalue weighted by Gasteiger charge is 2.28. The van der Waals surface area contributed by atoms with E-state index in [1.54, 1.807) is 67.6 Å². The zero-order valence-corrected chi connectivity index (χ0v) is 21.8. The Labute approximate surface area is 217 Å². The van der Waals surface area contributed by atoms with Gasteiger partial charge in [-0.2, -0.15) is 4.31 Å². The van der Waals surface area contributed by atoms with Gasteiger partial charge in [-0.25, -0.2) is 13.2 Å². The molecule has 0 spiro atoms. The number of hydrogen-bond donors (Lipinski definition) is 1. The number of aryl methyl sites for hydroxylation is 1. The van der Waals surface area contributed by atoms with Crippen LogP contribution in [0.4, 0.5) is 5.69 Å². The van der Waals surface area contributed by atoms with E-state index >= 15 is 0 Å². The highest BCUT2D eigenvalue weighted by molar-refractivity contribution is 7.89. The molecule has 1 amide bonds. The molecule has 1 aliphatic rings. The van der Waals surface area contributed by atoms with Gasteiger partial charge in [0.25, 0.3) is 5.91 Å². The first kappa shape index (κ1) is 26.5. The third-order valence-electron chi connectivity index (χ3n) is 6.32. The molecule has 0 unspecified atom stereocenters. The number of hydrogen-bond acceptors (Lipinski definition) is 6. The van der Waals surface area contributed by atoms with Crippen molar-refractivity contribution in [1.29, 1.82) is 0 Å². The molecule has 1 N–H and O–H groups in total. The summed E-state index contributed by atoms with van der Waals surface area (Å²) in [6.07, 6.45) is 0. The minimum Gasteiger partial charge on any atom is -0.462 e. The topological polar surface area (TPSA) is 96.0 Å². The molecule has 0 aliphatic carbocycles. The number of esters is 1.